The van der Waals surface area contributed by atoms with Crippen molar-refractivity contribution in [3.8, 4) is 0 Å². The van der Waals surface area contributed by atoms with Crippen LogP contribution in [0.1, 0.15) is 0 Å². The molecule has 0 aromatic heterocycles. The number of nitrogens with two attached hydrogens (primary N) is 1. The Balaban J connectivity index is 2.58. The largest absolute Gasteiger partial charge is 0.442 e. The molecule has 0 aromatic carbocycles. The first-order valence-corrected chi connectivity index (χ1v) is 2.40. The molecule has 7 heavy (non-hydrogen) atoms. The molecule has 0 saturated carbocycles. The molecule has 1 unspecified atom stereocenters. The highest BCUT2D eigenvalue weighted by Crippen LogP contribution is 1.96. The maximum atomic E-state index is 9.93. The minimum Gasteiger partial charge on any atom is -0.350 e. The van der Waals surface area contributed by atoms with Crippen molar-refractivity contribution < 1.29 is 12.7 Å². The average Bonchev–Trinajstić information content (AvgIpc) is 1.87. The Bertz CT molecular complexity index is 131. The number of nitrogens with zero attached hydrogens (tertiary/aromatic N) is 1. The lowest BCUT2D eigenvalue weighted by atomic mass is 11.2. The molecular weight excluding hydrogens is 120 g/mol. The molecule has 5 nitrogen and oxygen atoms in total. The molecule has 0 spiro atoms. The van der Waals surface area contributed by atoms with Crippen molar-refractivity contribution in [3.05, 3.63) is 0 Å². The van der Waals surface area contributed by atoms with Gasteiger partial charge in [0.15, 0.2) is 0 Å². The lowest BCUT2D eigenvalue weighted by molar-refractivity contribution is 0.371. The highest BCUT2D eigenvalue weighted by Gasteiger charge is 2.12. The van der Waals surface area contributed by atoms with E-state index in [9.17, 15) is 4.21 Å². The fourth-order valence-electron chi connectivity index (χ4n) is 0.167. The minimum atomic E-state index is -1.78. The normalized spacial score (nSPS) is 28.0. The van der Waals surface area contributed by atoms with E-state index in [1.165, 1.54) is 0 Å². The van der Waals surface area contributed by atoms with Crippen LogP contribution in [0.3, 0.4) is 0 Å². The molecule has 0 saturated heterocycles. The average molecular weight is 122 g/mol. The summed E-state index contributed by atoms with van der Waals surface area (Å²) in [7, 11) is 0. The molecule has 0 aliphatic carbocycles. The van der Waals surface area contributed by atoms with Crippen LogP contribution in [-0.4, -0.2) is 10.2 Å². The van der Waals surface area contributed by atoms with E-state index >= 15 is 0 Å². The van der Waals surface area contributed by atoms with E-state index in [4.69, 9.17) is 5.73 Å². The van der Waals surface area contributed by atoms with Crippen LogP contribution in [0.4, 0.5) is 0 Å². The molecule has 0 fully saturated rings. The van der Waals surface area contributed by atoms with Gasteiger partial charge in [0.2, 0.25) is 0 Å². The molecule has 1 atom stereocenters. The second-order valence-corrected chi connectivity index (χ2v) is 1.52. The van der Waals surface area contributed by atoms with E-state index in [0.717, 1.165) is 0 Å². The summed E-state index contributed by atoms with van der Waals surface area (Å²) in [6.45, 7) is 0. The third-order valence-electron chi connectivity index (χ3n) is 0.342. The van der Waals surface area contributed by atoms with E-state index in [2.05, 4.69) is 13.6 Å². The molecule has 1 aliphatic heterocycles. The van der Waals surface area contributed by atoms with Gasteiger partial charge in [0.05, 0.1) is 0 Å². The second-order valence-electron chi connectivity index (χ2n) is 0.792. The number of hydrogen-bond acceptors (Lipinski definition) is 5. The van der Waals surface area contributed by atoms with Gasteiger partial charge in [0, 0.05) is 0 Å². The third kappa shape index (κ3) is 0.801. The minimum absolute atomic E-state index is 0.196. The Morgan fingerprint density at radius 2 is 2.57 bits per heavy atom. The molecule has 1 rings (SSSR count). The highest BCUT2D eigenvalue weighted by molar-refractivity contribution is 7.75. The van der Waals surface area contributed by atoms with Crippen LogP contribution in [0.2, 0.25) is 0 Å². The molecular formula is CH2N2O3S. The standard InChI is InChI=1S/CH2N2O3S/c2-1-3-6-7(4)5-1/h(H2,2,3). The highest BCUT2D eigenvalue weighted by atomic mass is 32.2. The maximum absolute atomic E-state index is 9.93. The lowest BCUT2D eigenvalue weighted by Gasteiger charge is -1.80. The summed E-state index contributed by atoms with van der Waals surface area (Å²) in [4.78, 5) is 0. The predicted molar refractivity (Wildman–Crippen MR) is 21.9 cm³/mol. The van der Waals surface area contributed by atoms with Crippen LogP contribution in [0, 0.1) is 0 Å². The summed E-state index contributed by atoms with van der Waals surface area (Å²) < 4.78 is 18.0. The molecule has 1 aliphatic rings. The molecule has 40 valence electrons. The Kier molecular flexibility index (Phi) is 0.861. The van der Waals surface area contributed by atoms with E-state index < -0.39 is 11.4 Å². The van der Waals surface area contributed by atoms with Crippen molar-refractivity contribution >= 4 is 17.4 Å². The first-order chi connectivity index (χ1) is 3.29. The zero-order valence-corrected chi connectivity index (χ0v) is 3.97. The quantitative estimate of drug-likeness (QED) is 0.440. The van der Waals surface area contributed by atoms with Crippen LogP contribution >= 0.6 is 0 Å². The third-order valence-corrected chi connectivity index (χ3v) is 0.845. The van der Waals surface area contributed by atoms with Gasteiger partial charge in [-0.15, -0.1) is 0 Å². The second kappa shape index (κ2) is 1.38. The first-order valence-electron chi connectivity index (χ1n) is 1.40. The van der Waals surface area contributed by atoms with Gasteiger partial charge in [-0.1, -0.05) is 0 Å². The molecule has 1 heterocycles. The van der Waals surface area contributed by atoms with Gasteiger partial charge in [0.25, 0.3) is 0 Å². The molecule has 0 aromatic rings. The Labute approximate surface area is 41.9 Å². The van der Waals surface area contributed by atoms with Crippen LogP contribution < -0.4 is 5.73 Å². The predicted octanol–water partition coefficient (Wildman–Crippen LogP) is -1.16. The van der Waals surface area contributed by atoms with Gasteiger partial charge < -0.3 is 9.92 Å². The summed E-state index contributed by atoms with van der Waals surface area (Å²) in [6.07, 6.45) is 0. The zero-order chi connectivity index (χ0) is 5.28. The fraction of sp³-hybridized carbons (Fsp3) is 0. The van der Waals surface area contributed by atoms with Gasteiger partial charge >= 0.3 is 17.4 Å². The van der Waals surface area contributed by atoms with E-state index in [1.54, 1.807) is 0 Å². The SMILES string of the molecule is NC1=NOS(=O)O1. The zero-order valence-electron chi connectivity index (χ0n) is 3.16. The monoisotopic (exact) mass is 122 g/mol. The van der Waals surface area contributed by atoms with Crippen LogP contribution in [0.25, 0.3) is 0 Å². The van der Waals surface area contributed by atoms with Crippen molar-refractivity contribution in [2.24, 2.45) is 10.9 Å². The summed E-state index contributed by atoms with van der Waals surface area (Å²) in [5.41, 5.74) is 4.83. The molecule has 0 amide bonds. The Morgan fingerprint density at radius 1 is 1.86 bits per heavy atom. The molecule has 0 radical (unpaired) electrons. The topological polar surface area (TPSA) is 73.9 Å². The van der Waals surface area contributed by atoms with Crippen molar-refractivity contribution in [3.63, 3.8) is 0 Å². The van der Waals surface area contributed by atoms with Crippen LogP contribution in [0.5, 0.6) is 0 Å². The lowest BCUT2D eigenvalue weighted by Crippen LogP contribution is -2.10. The van der Waals surface area contributed by atoms with Crippen molar-refractivity contribution in [2.75, 3.05) is 0 Å². The van der Waals surface area contributed by atoms with Crippen LogP contribution in [-0.2, 0) is 19.8 Å². The van der Waals surface area contributed by atoms with E-state index in [0.29, 0.717) is 0 Å². The molecule has 0 bridgehead atoms. The van der Waals surface area contributed by atoms with E-state index in [-0.39, 0.29) is 6.02 Å². The number of rotatable bonds is 0. The van der Waals surface area contributed by atoms with Crippen LogP contribution in [0.15, 0.2) is 5.16 Å². The van der Waals surface area contributed by atoms with Crippen molar-refractivity contribution in [1.29, 1.82) is 0 Å². The number of hydrogen-bond donors (Lipinski definition) is 1. The van der Waals surface area contributed by atoms with Gasteiger partial charge in [0.1, 0.15) is 0 Å². The molecule has 6 heteroatoms. The van der Waals surface area contributed by atoms with Gasteiger partial charge in [-0.3, -0.25) is 4.28 Å². The molecule has 2 N–H and O–H groups in total. The van der Waals surface area contributed by atoms with E-state index in [1.807, 2.05) is 0 Å². The smallest absolute Gasteiger partial charge is 0.350 e. The van der Waals surface area contributed by atoms with Crippen molar-refractivity contribution in [1.82, 2.24) is 0 Å². The number of amidine groups is 1. The summed E-state index contributed by atoms with van der Waals surface area (Å²) in [6, 6.07) is -0.196. The first kappa shape index (κ1) is 4.38. The van der Waals surface area contributed by atoms with Gasteiger partial charge in [-0.25, -0.2) is 0 Å². The van der Waals surface area contributed by atoms with Gasteiger partial charge in [-0.2, -0.15) is 4.21 Å². The Morgan fingerprint density at radius 3 is 2.71 bits per heavy atom. The number of oxime groups is 1. The van der Waals surface area contributed by atoms with Crippen molar-refractivity contribution in [2.45, 2.75) is 0 Å². The Hall–Kier alpha value is -0.780. The fourth-order valence-corrected chi connectivity index (χ4v) is 0.502. The summed E-state index contributed by atoms with van der Waals surface area (Å²) in [5.74, 6) is 0. The summed E-state index contributed by atoms with van der Waals surface area (Å²) >= 11 is -1.78. The maximum Gasteiger partial charge on any atom is 0.442 e. The summed E-state index contributed by atoms with van der Waals surface area (Å²) in [5, 5.41) is 2.99. The van der Waals surface area contributed by atoms with Gasteiger partial charge in [-0.05, 0) is 5.16 Å².